The molecule has 0 aliphatic carbocycles. The van der Waals surface area contributed by atoms with Crippen LogP contribution < -0.4 is 15.5 Å². The van der Waals surface area contributed by atoms with Crippen LogP contribution in [0.25, 0.3) is 45.0 Å². The SMILES string of the molecule is O=P1(c2nc(-c3ccccc3)nc(-c3ccccc3)n2)c2ccccc2S(=O)(=O)c2cc(-c3ccccc3)ccc2N1c1ccc(-c2ccccc2)cc1. The first-order valence-corrected chi connectivity index (χ1v) is 20.5. The van der Waals surface area contributed by atoms with Crippen molar-refractivity contribution in [1.29, 1.82) is 0 Å². The van der Waals surface area contributed by atoms with Crippen LogP contribution in [0, 0.1) is 0 Å². The fourth-order valence-electron chi connectivity index (χ4n) is 6.88. The van der Waals surface area contributed by atoms with E-state index in [0.717, 1.165) is 16.7 Å². The van der Waals surface area contributed by atoms with Crippen LogP contribution in [0.1, 0.15) is 0 Å². The van der Waals surface area contributed by atoms with Gasteiger partial charge in [0.1, 0.15) is 0 Å². The number of anilines is 2. The van der Waals surface area contributed by atoms with Gasteiger partial charge in [0.25, 0.3) is 7.29 Å². The van der Waals surface area contributed by atoms with Crippen molar-refractivity contribution in [1.82, 2.24) is 15.0 Å². The average molecular weight is 739 g/mol. The summed E-state index contributed by atoms with van der Waals surface area (Å²) in [5.41, 5.74) is 5.67. The van der Waals surface area contributed by atoms with Gasteiger partial charge in [0.2, 0.25) is 15.4 Å². The van der Waals surface area contributed by atoms with Gasteiger partial charge in [-0.15, -0.1) is 0 Å². The van der Waals surface area contributed by atoms with Crippen LogP contribution >= 0.6 is 7.29 Å². The summed E-state index contributed by atoms with van der Waals surface area (Å²) in [6, 6.07) is 57.9. The highest BCUT2D eigenvalue weighted by Crippen LogP contribution is 2.59. The molecule has 0 spiro atoms. The summed E-state index contributed by atoms with van der Waals surface area (Å²) in [7, 11) is -8.57. The van der Waals surface area contributed by atoms with E-state index in [1.165, 1.54) is 6.07 Å². The second-order valence-corrected chi connectivity index (χ2v) is 17.2. The Kier molecular flexibility index (Phi) is 8.34. The summed E-state index contributed by atoms with van der Waals surface area (Å²) in [4.78, 5) is 14.8. The summed E-state index contributed by atoms with van der Waals surface area (Å²) in [5, 5.41) is 0.110. The Morgan fingerprint density at radius 2 is 0.870 bits per heavy atom. The van der Waals surface area contributed by atoms with E-state index in [1.807, 2.05) is 152 Å². The molecule has 0 fully saturated rings. The molecular weight excluding hydrogens is 708 g/mol. The fourth-order valence-corrected chi connectivity index (χ4v) is 11.9. The standard InChI is InChI=1S/C45H31N4O3PS/c50-53(45-47-43(35-19-9-3-10-20-35)46-44(48-45)36-21-11-4-12-22-36)40-23-13-14-24-41(40)54(51,52)42-31-37(33-17-7-2-8-18-33)27-30-39(42)49(53)38-28-25-34(26-29-38)32-15-5-1-6-16-32/h1-31H. The van der Waals surface area contributed by atoms with E-state index in [1.54, 1.807) is 35.0 Å². The van der Waals surface area contributed by atoms with Gasteiger partial charge in [-0.05, 0) is 58.7 Å². The minimum absolute atomic E-state index is 0.0294. The summed E-state index contributed by atoms with van der Waals surface area (Å²) in [6.45, 7) is 0. The summed E-state index contributed by atoms with van der Waals surface area (Å²) >= 11 is 0. The van der Waals surface area contributed by atoms with Crippen molar-refractivity contribution in [3.05, 3.63) is 188 Å². The highest BCUT2D eigenvalue weighted by Gasteiger charge is 2.48. The molecule has 0 saturated heterocycles. The summed E-state index contributed by atoms with van der Waals surface area (Å²) in [6.07, 6.45) is 0. The predicted molar refractivity (Wildman–Crippen MR) is 215 cm³/mol. The molecule has 7 nitrogen and oxygen atoms in total. The first-order valence-electron chi connectivity index (χ1n) is 17.4. The lowest BCUT2D eigenvalue weighted by atomic mass is 10.0. The number of benzene rings is 7. The van der Waals surface area contributed by atoms with Crippen molar-refractivity contribution in [3.8, 4) is 45.0 Å². The van der Waals surface area contributed by atoms with Crippen LogP contribution in [0.2, 0.25) is 0 Å². The molecule has 0 N–H and O–H groups in total. The third-order valence-corrected chi connectivity index (χ3v) is 14.3. The smallest absolute Gasteiger partial charge is 0.271 e. The average Bonchev–Trinajstić information content (AvgIpc) is 3.31. The largest absolute Gasteiger partial charge is 0.286 e. The van der Waals surface area contributed by atoms with Crippen molar-refractivity contribution in [2.75, 3.05) is 4.67 Å². The van der Waals surface area contributed by atoms with Crippen molar-refractivity contribution in [2.45, 2.75) is 9.79 Å². The van der Waals surface area contributed by atoms with Gasteiger partial charge in [-0.25, -0.2) is 23.4 Å². The van der Waals surface area contributed by atoms with Crippen LogP contribution in [-0.4, -0.2) is 23.4 Å². The van der Waals surface area contributed by atoms with E-state index in [-0.39, 0.29) is 26.3 Å². The Morgan fingerprint density at radius 1 is 0.426 bits per heavy atom. The normalized spacial score (nSPS) is 15.8. The third-order valence-electron chi connectivity index (χ3n) is 9.53. The quantitative estimate of drug-likeness (QED) is 0.157. The predicted octanol–water partition coefficient (Wildman–Crippen LogP) is 9.75. The molecule has 2 heterocycles. The van der Waals surface area contributed by atoms with E-state index in [4.69, 9.17) is 15.0 Å². The monoisotopic (exact) mass is 738 g/mol. The first kappa shape index (κ1) is 33.4. The Morgan fingerprint density at radius 3 is 1.43 bits per heavy atom. The lowest BCUT2D eigenvalue weighted by Crippen LogP contribution is -2.34. The van der Waals surface area contributed by atoms with Gasteiger partial charge >= 0.3 is 0 Å². The zero-order chi connectivity index (χ0) is 36.7. The molecule has 0 amide bonds. The van der Waals surface area contributed by atoms with E-state index in [0.29, 0.717) is 34.0 Å². The summed E-state index contributed by atoms with van der Waals surface area (Å²) < 4.78 is 48.5. The molecule has 260 valence electrons. The van der Waals surface area contributed by atoms with Gasteiger partial charge < -0.3 is 0 Å². The molecule has 1 aromatic heterocycles. The van der Waals surface area contributed by atoms with E-state index in [2.05, 4.69) is 0 Å². The Labute approximate surface area is 313 Å². The number of nitrogens with zero attached hydrogens (tertiary/aromatic N) is 4. The molecule has 9 heteroatoms. The molecule has 7 aromatic carbocycles. The van der Waals surface area contributed by atoms with Crippen LogP contribution in [-0.2, 0) is 14.4 Å². The van der Waals surface area contributed by atoms with Crippen LogP contribution in [0.15, 0.2) is 198 Å². The Balaban J connectivity index is 1.38. The third kappa shape index (κ3) is 5.73. The number of aromatic nitrogens is 3. The maximum absolute atomic E-state index is 16.8. The number of fused-ring (bicyclic) bond motifs is 2. The maximum atomic E-state index is 16.8. The van der Waals surface area contributed by atoms with Gasteiger partial charge in [-0.3, -0.25) is 9.24 Å². The summed E-state index contributed by atoms with van der Waals surface area (Å²) in [5.74, 6) is 0.636. The molecule has 1 atom stereocenters. The number of rotatable bonds is 6. The highest BCUT2D eigenvalue weighted by molar-refractivity contribution is 7.93. The van der Waals surface area contributed by atoms with Gasteiger partial charge in [-0.2, -0.15) is 0 Å². The Hall–Kier alpha value is -6.47. The highest BCUT2D eigenvalue weighted by atomic mass is 32.2. The second-order valence-electron chi connectivity index (χ2n) is 12.8. The van der Waals surface area contributed by atoms with Crippen LogP contribution in [0.3, 0.4) is 0 Å². The second kappa shape index (κ2) is 13.5. The fraction of sp³-hybridized carbons (Fsp3) is 0. The topological polar surface area (TPSA) is 93.1 Å². The minimum Gasteiger partial charge on any atom is -0.286 e. The number of hydrogen-bond donors (Lipinski definition) is 0. The Bertz CT molecular complexity index is 2750. The van der Waals surface area contributed by atoms with Gasteiger partial charge in [-0.1, -0.05) is 152 Å². The molecule has 1 aliphatic heterocycles. The van der Waals surface area contributed by atoms with Crippen molar-refractivity contribution >= 4 is 39.4 Å². The maximum Gasteiger partial charge on any atom is 0.271 e. The number of hydrogen-bond acceptors (Lipinski definition) is 6. The molecule has 0 radical (unpaired) electrons. The van der Waals surface area contributed by atoms with Gasteiger partial charge in [0.05, 0.1) is 20.8 Å². The minimum atomic E-state index is -4.32. The first-order chi connectivity index (χ1) is 26.4. The van der Waals surface area contributed by atoms with Gasteiger partial charge in [0, 0.05) is 16.8 Å². The lowest BCUT2D eigenvalue weighted by molar-refractivity contribution is 0.585. The zero-order valence-electron chi connectivity index (χ0n) is 28.8. The van der Waals surface area contributed by atoms with Crippen molar-refractivity contribution < 1.29 is 13.0 Å². The molecule has 9 rings (SSSR count). The van der Waals surface area contributed by atoms with Crippen LogP contribution in [0.5, 0.6) is 0 Å². The van der Waals surface area contributed by atoms with E-state index < -0.39 is 17.1 Å². The van der Waals surface area contributed by atoms with Crippen molar-refractivity contribution in [3.63, 3.8) is 0 Å². The van der Waals surface area contributed by atoms with E-state index in [9.17, 15) is 0 Å². The molecule has 1 aliphatic rings. The zero-order valence-corrected chi connectivity index (χ0v) is 30.5. The molecular formula is C45H31N4O3PS. The van der Waals surface area contributed by atoms with E-state index >= 15 is 13.0 Å². The van der Waals surface area contributed by atoms with Gasteiger partial charge in [0.15, 0.2) is 11.6 Å². The molecule has 0 saturated carbocycles. The number of sulfone groups is 1. The molecule has 0 bridgehead atoms. The molecule has 1 unspecified atom stereocenters. The van der Waals surface area contributed by atoms with Crippen LogP contribution in [0.4, 0.5) is 11.4 Å². The van der Waals surface area contributed by atoms with Crippen molar-refractivity contribution in [2.24, 2.45) is 0 Å². The molecule has 54 heavy (non-hydrogen) atoms. The lowest BCUT2D eigenvalue weighted by Gasteiger charge is -2.33. The molecule has 8 aromatic rings.